The van der Waals surface area contributed by atoms with Crippen LogP contribution in [0, 0.1) is 32.1 Å². The standard InChI is InChI=1S/C20H19ClN2O5/c1-12-9-15(5-6-16(12)21)23(8-4-7-22)17(24)11-27-20(26)19-13(2)10-18(25)28-14(19)3/h5-6,9-10H,4,8,11H2,1-3H3. The van der Waals surface area contributed by atoms with Crippen LogP contribution >= 0.6 is 11.6 Å². The van der Waals surface area contributed by atoms with E-state index in [4.69, 9.17) is 26.0 Å². The average molecular weight is 403 g/mol. The third kappa shape index (κ3) is 4.99. The summed E-state index contributed by atoms with van der Waals surface area (Å²) in [4.78, 5) is 37.7. The van der Waals surface area contributed by atoms with Crippen molar-refractivity contribution in [1.29, 1.82) is 5.26 Å². The van der Waals surface area contributed by atoms with Crippen LogP contribution in [0.1, 0.15) is 33.7 Å². The van der Waals surface area contributed by atoms with Crippen molar-refractivity contribution in [3.8, 4) is 6.07 Å². The number of nitriles is 1. The Kier molecular flexibility index (Phi) is 6.96. The summed E-state index contributed by atoms with van der Waals surface area (Å²) in [6.45, 7) is 4.48. The quantitative estimate of drug-likeness (QED) is 0.687. The molecule has 0 radical (unpaired) electrons. The van der Waals surface area contributed by atoms with Crippen LogP contribution in [0.15, 0.2) is 33.5 Å². The van der Waals surface area contributed by atoms with Gasteiger partial charge >= 0.3 is 11.6 Å². The largest absolute Gasteiger partial charge is 0.452 e. The molecule has 0 aliphatic heterocycles. The molecule has 1 heterocycles. The molecule has 0 spiro atoms. The van der Waals surface area contributed by atoms with Crippen molar-refractivity contribution in [2.75, 3.05) is 18.1 Å². The number of benzene rings is 1. The molecule has 0 aliphatic rings. The molecule has 0 saturated carbocycles. The minimum Gasteiger partial charge on any atom is -0.452 e. The second-order valence-corrected chi connectivity index (χ2v) is 6.55. The molecule has 0 atom stereocenters. The van der Waals surface area contributed by atoms with Crippen molar-refractivity contribution in [2.45, 2.75) is 27.2 Å². The highest BCUT2D eigenvalue weighted by molar-refractivity contribution is 6.31. The molecule has 146 valence electrons. The molecule has 2 rings (SSSR count). The number of esters is 1. The topological polar surface area (TPSA) is 101 Å². The summed E-state index contributed by atoms with van der Waals surface area (Å²) >= 11 is 6.02. The first-order valence-electron chi connectivity index (χ1n) is 8.46. The summed E-state index contributed by atoms with van der Waals surface area (Å²) in [5.41, 5.74) is 1.27. The van der Waals surface area contributed by atoms with E-state index in [1.165, 1.54) is 17.9 Å². The second kappa shape index (κ2) is 9.20. The van der Waals surface area contributed by atoms with Gasteiger partial charge in [-0.05, 0) is 50.1 Å². The molecule has 1 amide bonds. The number of halogens is 1. The van der Waals surface area contributed by atoms with Gasteiger partial charge in [-0.25, -0.2) is 9.59 Å². The van der Waals surface area contributed by atoms with Gasteiger partial charge in [-0.3, -0.25) is 4.79 Å². The lowest BCUT2D eigenvalue weighted by Gasteiger charge is -2.22. The number of carbonyl (C=O) groups is 2. The van der Waals surface area contributed by atoms with E-state index < -0.39 is 24.1 Å². The number of hydrogen-bond acceptors (Lipinski definition) is 6. The van der Waals surface area contributed by atoms with Crippen LogP contribution in [0.2, 0.25) is 5.02 Å². The van der Waals surface area contributed by atoms with Gasteiger partial charge in [-0.15, -0.1) is 0 Å². The lowest BCUT2D eigenvalue weighted by molar-refractivity contribution is -0.121. The molecule has 28 heavy (non-hydrogen) atoms. The summed E-state index contributed by atoms with van der Waals surface area (Å²) in [7, 11) is 0. The Labute approximate surface area is 167 Å². The molecule has 0 aliphatic carbocycles. The number of amides is 1. The average Bonchev–Trinajstić information content (AvgIpc) is 2.62. The van der Waals surface area contributed by atoms with Gasteiger partial charge in [-0.2, -0.15) is 5.26 Å². The Hall–Kier alpha value is -3.11. The van der Waals surface area contributed by atoms with E-state index in [9.17, 15) is 14.4 Å². The van der Waals surface area contributed by atoms with E-state index in [0.717, 1.165) is 5.56 Å². The molecular formula is C20H19ClN2O5. The first-order chi connectivity index (χ1) is 13.2. The molecule has 0 fully saturated rings. The van der Waals surface area contributed by atoms with Gasteiger partial charge in [0.25, 0.3) is 5.91 Å². The third-order valence-corrected chi connectivity index (χ3v) is 4.49. The lowest BCUT2D eigenvalue weighted by Crippen LogP contribution is -2.35. The zero-order valence-corrected chi connectivity index (χ0v) is 16.5. The summed E-state index contributed by atoms with van der Waals surface area (Å²) in [6.07, 6.45) is 0.115. The van der Waals surface area contributed by atoms with Crippen molar-refractivity contribution in [3.05, 3.63) is 62.2 Å². The van der Waals surface area contributed by atoms with Gasteiger partial charge in [0, 0.05) is 23.3 Å². The molecule has 1 aromatic heterocycles. The zero-order chi connectivity index (χ0) is 20.8. The van der Waals surface area contributed by atoms with Crippen LogP contribution in [-0.2, 0) is 9.53 Å². The SMILES string of the molecule is Cc1cc(N(CCC#N)C(=O)COC(=O)c2c(C)cc(=O)oc2C)ccc1Cl. The first kappa shape index (κ1) is 21.2. The number of rotatable bonds is 6. The van der Waals surface area contributed by atoms with E-state index in [-0.39, 0.29) is 24.3 Å². The molecule has 1 aromatic carbocycles. The van der Waals surface area contributed by atoms with Crippen LogP contribution < -0.4 is 10.5 Å². The van der Waals surface area contributed by atoms with Crippen molar-refractivity contribution in [3.63, 3.8) is 0 Å². The van der Waals surface area contributed by atoms with Crippen LogP contribution in [0.4, 0.5) is 5.69 Å². The van der Waals surface area contributed by atoms with Crippen molar-refractivity contribution in [1.82, 2.24) is 0 Å². The summed E-state index contributed by atoms with van der Waals surface area (Å²) in [6, 6.07) is 8.21. The Balaban J connectivity index is 2.17. The van der Waals surface area contributed by atoms with E-state index in [0.29, 0.717) is 16.3 Å². The van der Waals surface area contributed by atoms with E-state index >= 15 is 0 Å². The van der Waals surface area contributed by atoms with Crippen LogP contribution in [0.5, 0.6) is 0 Å². The van der Waals surface area contributed by atoms with Gasteiger partial charge < -0.3 is 14.1 Å². The predicted molar refractivity (Wildman–Crippen MR) is 104 cm³/mol. The third-order valence-electron chi connectivity index (χ3n) is 4.07. The Morgan fingerprint density at radius 1 is 1.21 bits per heavy atom. The summed E-state index contributed by atoms with van der Waals surface area (Å²) < 4.78 is 10.0. The maximum absolute atomic E-state index is 12.6. The minimum absolute atomic E-state index is 0.110. The highest BCUT2D eigenvalue weighted by atomic mass is 35.5. The van der Waals surface area contributed by atoms with Crippen LogP contribution in [0.3, 0.4) is 0 Å². The second-order valence-electron chi connectivity index (χ2n) is 6.14. The maximum atomic E-state index is 12.6. The number of aryl methyl sites for hydroxylation is 3. The van der Waals surface area contributed by atoms with Gasteiger partial charge in [0.1, 0.15) is 11.3 Å². The van der Waals surface area contributed by atoms with Gasteiger partial charge in [0.15, 0.2) is 6.61 Å². The van der Waals surface area contributed by atoms with E-state index in [2.05, 4.69) is 0 Å². The van der Waals surface area contributed by atoms with Gasteiger partial charge in [-0.1, -0.05) is 11.6 Å². The number of nitrogens with zero attached hydrogens (tertiary/aromatic N) is 2. The molecule has 2 aromatic rings. The maximum Gasteiger partial charge on any atom is 0.342 e. The summed E-state index contributed by atoms with van der Waals surface area (Å²) in [5.74, 6) is -1.13. The molecule has 0 N–H and O–H groups in total. The van der Waals surface area contributed by atoms with Crippen molar-refractivity contribution < 1.29 is 18.7 Å². The fourth-order valence-electron chi connectivity index (χ4n) is 2.70. The minimum atomic E-state index is -0.764. The smallest absolute Gasteiger partial charge is 0.342 e. The highest BCUT2D eigenvalue weighted by Crippen LogP contribution is 2.23. The Morgan fingerprint density at radius 2 is 1.93 bits per heavy atom. The predicted octanol–water partition coefficient (Wildman–Crippen LogP) is 3.32. The summed E-state index contributed by atoms with van der Waals surface area (Å²) in [5, 5.41) is 9.42. The molecular weight excluding hydrogens is 384 g/mol. The lowest BCUT2D eigenvalue weighted by atomic mass is 10.1. The molecule has 0 bridgehead atoms. The fourth-order valence-corrected chi connectivity index (χ4v) is 2.81. The normalized spacial score (nSPS) is 10.2. The monoisotopic (exact) mass is 402 g/mol. The number of ether oxygens (including phenoxy) is 1. The van der Waals surface area contributed by atoms with Crippen LogP contribution in [0.25, 0.3) is 0 Å². The highest BCUT2D eigenvalue weighted by Gasteiger charge is 2.21. The molecule has 0 saturated heterocycles. The number of carbonyl (C=O) groups excluding carboxylic acids is 2. The van der Waals surface area contributed by atoms with Gasteiger partial charge in [0.2, 0.25) is 0 Å². The number of hydrogen-bond donors (Lipinski definition) is 0. The Morgan fingerprint density at radius 3 is 2.54 bits per heavy atom. The number of anilines is 1. The van der Waals surface area contributed by atoms with Gasteiger partial charge in [0.05, 0.1) is 12.5 Å². The Bertz CT molecular complexity index is 980. The van der Waals surface area contributed by atoms with E-state index in [1.807, 2.05) is 6.07 Å². The van der Waals surface area contributed by atoms with Crippen molar-refractivity contribution >= 4 is 29.2 Å². The van der Waals surface area contributed by atoms with Crippen LogP contribution in [-0.4, -0.2) is 25.0 Å². The van der Waals surface area contributed by atoms with E-state index in [1.54, 1.807) is 32.0 Å². The first-order valence-corrected chi connectivity index (χ1v) is 8.84. The molecule has 7 nitrogen and oxygen atoms in total. The molecule has 0 unspecified atom stereocenters. The zero-order valence-electron chi connectivity index (χ0n) is 15.7. The molecule has 8 heteroatoms. The fraction of sp³-hybridized carbons (Fsp3) is 0.300. The van der Waals surface area contributed by atoms with Crippen molar-refractivity contribution in [2.24, 2.45) is 0 Å².